The van der Waals surface area contributed by atoms with Gasteiger partial charge in [-0.3, -0.25) is 14.0 Å². The zero-order chi connectivity index (χ0) is 16.8. The van der Waals surface area contributed by atoms with Crippen LogP contribution in [0.4, 0.5) is 0 Å². The fraction of sp³-hybridized carbons (Fsp3) is 0.167. The molecule has 0 saturated heterocycles. The zero-order valence-corrected chi connectivity index (χ0v) is 13.8. The number of aryl methyl sites for hydroxylation is 3. The highest BCUT2D eigenvalue weighted by Gasteiger charge is 2.16. The van der Waals surface area contributed by atoms with E-state index in [-0.39, 0.29) is 5.56 Å². The Balaban J connectivity index is 2.07. The number of imidazole rings is 1. The molecule has 0 radical (unpaired) electrons. The van der Waals surface area contributed by atoms with Crippen molar-refractivity contribution in [2.75, 3.05) is 0 Å². The molecule has 120 valence electrons. The van der Waals surface area contributed by atoms with Crippen molar-refractivity contribution in [3.8, 4) is 16.8 Å². The second-order valence-electron chi connectivity index (χ2n) is 6.01. The number of fused-ring (bicyclic) bond motifs is 1. The van der Waals surface area contributed by atoms with Crippen LogP contribution in [0.1, 0.15) is 5.56 Å². The number of hydrogen-bond donors (Lipinski definition) is 0. The van der Waals surface area contributed by atoms with Gasteiger partial charge in [0.15, 0.2) is 5.52 Å². The van der Waals surface area contributed by atoms with Gasteiger partial charge in [-0.15, -0.1) is 0 Å². The summed E-state index contributed by atoms with van der Waals surface area (Å²) in [5.41, 5.74) is 5.00. The Morgan fingerprint density at radius 2 is 1.79 bits per heavy atom. The van der Waals surface area contributed by atoms with E-state index < -0.39 is 0 Å². The maximum Gasteiger partial charge on any atom is 0.283 e. The van der Waals surface area contributed by atoms with Crippen LogP contribution >= 0.6 is 0 Å². The minimum Gasteiger partial charge on any atom is -0.333 e. The van der Waals surface area contributed by atoms with Crippen molar-refractivity contribution in [3.63, 3.8) is 0 Å². The van der Waals surface area contributed by atoms with Crippen LogP contribution in [0, 0.1) is 6.92 Å². The first-order valence-corrected chi connectivity index (χ1v) is 7.67. The smallest absolute Gasteiger partial charge is 0.283 e. The Hall–Kier alpha value is -3.15. The van der Waals surface area contributed by atoms with Crippen LogP contribution in [0.25, 0.3) is 27.8 Å². The van der Waals surface area contributed by atoms with Crippen molar-refractivity contribution < 1.29 is 0 Å². The highest BCUT2D eigenvalue weighted by Crippen LogP contribution is 2.26. The van der Waals surface area contributed by atoms with Gasteiger partial charge >= 0.3 is 0 Å². The Bertz CT molecular complexity index is 1100. The Morgan fingerprint density at radius 3 is 2.46 bits per heavy atom. The maximum absolute atomic E-state index is 12.9. The summed E-state index contributed by atoms with van der Waals surface area (Å²) in [6.07, 6.45) is 7.27. The SMILES string of the molecule is Cc1ccc(-n2cc(-c3cnn(C)c3)c3c(ncn3C)c2=O)cc1. The summed E-state index contributed by atoms with van der Waals surface area (Å²) in [7, 11) is 3.77. The predicted octanol–water partition coefficient (Wildman–Crippen LogP) is 2.43. The summed E-state index contributed by atoms with van der Waals surface area (Å²) in [5.74, 6) is 0. The summed E-state index contributed by atoms with van der Waals surface area (Å²) in [5, 5.41) is 4.25. The minimum atomic E-state index is -0.123. The lowest BCUT2D eigenvalue weighted by atomic mass is 10.1. The fourth-order valence-electron chi connectivity index (χ4n) is 2.94. The van der Waals surface area contributed by atoms with Gasteiger partial charge in [0.2, 0.25) is 0 Å². The molecular formula is C18H17N5O. The Morgan fingerprint density at radius 1 is 1.04 bits per heavy atom. The second kappa shape index (κ2) is 5.19. The van der Waals surface area contributed by atoms with Gasteiger partial charge in [-0.25, -0.2) is 4.98 Å². The molecule has 4 aromatic rings. The molecule has 0 saturated carbocycles. The van der Waals surface area contributed by atoms with E-state index in [2.05, 4.69) is 10.1 Å². The molecule has 0 unspecified atom stereocenters. The molecular weight excluding hydrogens is 302 g/mol. The Kier molecular flexibility index (Phi) is 3.13. The van der Waals surface area contributed by atoms with Crippen LogP contribution in [0.3, 0.4) is 0 Å². The van der Waals surface area contributed by atoms with Crippen molar-refractivity contribution >= 4 is 11.0 Å². The van der Waals surface area contributed by atoms with Crippen molar-refractivity contribution in [2.45, 2.75) is 6.92 Å². The lowest BCUT2D eigenvalue weighted by Crippen LogP contribution is -2.19. The van der Waals surface area contributed by atoms with E-state index >= 15 is 0 Å². The van der Waals surface area contributed by atoms with Crippen LogP contribution in [0.2, 0.25) is 0 Å². The summed E-state index contributed by atoms with van der Waals surface area (Å²) in [6, 6.07) is 7.87. The molecule has 3 aromatic heterocycles. The van der Waals surface area contributed by atoms with E-state index in [1.807, 2.05) is 62.2 Å². The molecule has 0 amide bonds. The van der Waals surface area contributed by atoms with E-state index in [1.54, 1.807) is 21.8 Å². The number of nitrogens with zero attached hydrogens (tertiary/aromatic N) is 5. The van der Waals surface area contributed by atoms with Crippen molar-refractivity contribution in [3.05, 3.63) is 65.1 Å². The molecule has 6 nitrogen and oxygen atoms in total. The van der Waals surface area contributed by atoms with Gasteiger partial charge in [0.1, 0.15) is 0 Å². The van der Waals surface area contributed by atoms with E-state index in [0.29, 0.717) is 5.52 Å². The van der Waals surface area contributed by atoms with Crippen LogP contribution in [-0.4, -0.2) is 23.9 Å². The van der Waals surface area contributed by atoms with Crippen LogP contribution in [0.15, 0.2) is 54.0 Å². The average Bonchev–Trinajstić information content (AvgIpc) is 3.16. The maximum atomic E-state index is 12.9. The highest BCUT2D eigenvalue weighted by atomic mass is 16.1. The zero-order valence-electron chi connectivity index (χ0n) is 13.8. The van der Waals surface area contributed by atoms with E-state index in [1.165, 1.54) is 0 Å². The summed E-state index contributed by atoms with van der Waals surface area (Å²) in [4.78, 5) is 17.2. The number of aromatic nitrogens is 5. The van der Waals surface area contributed by atoms with Crippen LogP contribution in [0.5, 0.6) is 0 Å². The standard InChI is InChI=1S/C18H17N5O/c1-12-4-6-14(7-5-12)23-10-15(13-8-20-22(3)9-13)17-16(18(23)24)19-11-21(17)2/h4-11H,1-3H3. The molecule has 0 aliphatic carbocycles. The molecule has 0 N–H and O–H groups in total. The molecule has 1 aromatic carbocycles. The summed E-state index contributed by atoms with van der Waals surface area (Å²) >= 11 is 0. The number of hydrogen-bond acceptors (Lipinski definition) is 3. The minimum absolute atomic E-state index is 0.123. The molecule has 0 aliphatic heterocycles. The van der Waals surface area contributed by atoms with Crippen molar-refractivity contribution in [1.82, 2.24) is 23.9 Å². The van der Waals surface area contributed by atoms with E-state index in [9.17, 15) is 4.79 Å². The number of benzene rings is 1. The van der Waals surface area contributed by atoms with Crippen molar-refractivity contribution in [2.24, 2.45) is 14.1 Å². The van der Waals surface area contributed by atoms with Crippen LogP contribution in [-0.2, 0) is 14.1 Å². The third kappa shape index (κ3) is 2.15. The number of pyridine rings is 1. The van der Waals surface area contributed by atoms with Gasteiger partial charge in [-0.05, 0) is 19.1 Å². The number of rotatable bonds is 2. The largest absolute Gasteiger partial charge is 0.333 e. The molecule has 0 bridgehead atoms. The van der Waals surface area contributed by atoms with Gasteiger partial charge in [0.05, 0.1) is 18.0 Å². The molecule has 0 fully saturated rings. The summed E-state index contributed by atoms with van der Waals surface area (Å²) < 4.78 is 5.27. The normalized spacial score (nSPS) is 11.3. The lowest BCUT2D eigenvalue weighted by Gasteiger charge is -2.10. The molecule has 3 heterocycles. The van der Waals surface area contributed by atoms with Gasteiger partial charge in [-0.1, -0.05) is 17.7 Å². The van der Waals surface area contributed by atoms with Gasteiger partial charge in [0.25, 0.3) is 5.56 Å². The first-order chi connectivity index (χ1) is 11.5. The molecule has 24 heavy (non-hydrogen) atoms. The summed E-state index contributed by atoms with van der Waals surface area (Å²) in [6.45, 7) is 2.02. The lowest BCUT2D eigenvalue weighted by molar-refractivity contribution is 0.768. The first kappa shape index (κ1) is 14.4. The first-order valence-electron chi connectivity index (χ1n) is 7.67. The third-order valence-corrected chi connectivity index (χ3v) is 4.20. The molecule has 4 rings (SSSR count). The van der Waals surface area contributed by atoms with Gasteiger partial charge < -0.3 is 4.57 Å². The van der Waals surface area contributed by atoms with E-state index in [4.69, 9.17) is 0 Å². The monoisotopic (exact) mass is 319 g/mol. The molecule has 0 aliphatic rings. The van der Waals surface area contributed by atoms with Crippen LogP contribution < -0.4 is 5.56 Å². The average molecular weight is 319 g/mol. The van der Waals surface area contributed by atoms with Gasteiger partial charge in [-0.2, -0.15) is 5.10 Å². The highest BCUT2D eigenvalue weighted by molar-refractivity contribution is 5.91. The predicted molar refractivity (Wildman–Crippen MR) is 93.3 cm³/mol. The quantitative estimate of drug-likeness (QED) is 0.570. The molecule has 0 atom stereocenters. The fourth-order valence-corrected chi connectivity index (χ4v) is 2.94. The second-order valence-corrected chi connectivity index (χ2v) is 6.01. The molecule has 6 heteroatoms. The topological polar surface area (TPSA) is 57.6 Å². The third-order valence-electron chi connectivity index (χ3n) is 4.20. The van der Waals surface area contributed by atoms with Crippen molar-refractivity contribution in [1.29, 1.82) is 0 Å². The molecule has 0 spiro atoms. The Labute approximate surface area is 138 Å². The van der Waals surface area contributed by atoms with E-state index in [0.717, 1.165) is 27.9 Å². The van der Waals surface area contributed by atoms with Gasteiger partial charge in [0, 0.05) is 43.3 Å².